The van der Waals surface area contributed by atoms with Crippen molar-refractivity contribution in [3.05, 3.63) is 82.3 Å². The van der Waals surface area contributed by atoms with Crippen molar-refractivity contribution in [1.82, 2.24) is 19.7 Å². The summed E-state index contributed by atoms with van der Waals surface area (Å²) in [7, 11) is 3.60. The number of hydrogen-bond acceptors (Lipinski definition) is 4. The number of nitrogens with zero attached hydrogens (tertiary/aromatic N) is 3. The minimum Gasteiger partial charge on any atom is -0.497 e. The van der Waals surface area contributed by atoms with Crippen LogP contribution in [0.2, 0.25) is 0 Å². The minimum atomic E-state index is -0.0858. The molecule has 0 amide bonds. The molecule has 0 bridgehead atoms. The summed E-state index contributed by atoms with van der Waals surface area (Å²) in [5, 5.41) is 8.55. The summed E-state index contributed by atoms with van der Waals surface area (Å²) in [6.07, 6.45) is 5.55. The van der Waals surface area contributed by atoms with Crippen LogP contribution in [0.25, 0.3) is 22.2 Å². The van der Waals surface area contributed by atoms with Gasteiger partial charge in [-0.1, -0.05) is 36.3 Å². The number of nitrogens with one attached hydrogen (secondary N) is 1. The van der Waals surface area contributed by atoms with Crippen LogP contribution >= 0.6 is 0 Å². The fourth-order valence-corrected chi connectivity index (χ4v) is 3.85. The van der Waals surface area contributed by atoms with Gasteiger partial charge in [-0.25, -0.2) is 0 Å². The van der Waals surface area contributed by atoms with E-state index in [0.29, 0.717) is 17.9 Å². The zero-order valence-corrected chi connectivity index (χ0v) is 18.5. The lowest BCUT2D eigenvalue weighted by molar-refractivity contribution is 0.247. The number of methoxy groups -OCH3 is 1. The topological polar surface area (TPSA) is 63.2 Å². The lowest BCUT2D eigenvalue weighted by atomic mass is 10.1. The van der Waals surface area contributed by atoms with Crippen LogP contribution in [0.5, 0.6) is 5.75 Å². The van der Waals surface area contributed by atoms with E-state index >= 15 is 0 Å². The predicted molar refractivity (Wildman–Crippen MR) is 127 cm³/mol. The van der Waals surface area contributed by atoms with Crippen LogP contribution in [0.1, 0.15) is 24.2 Å². The Morgan fingerprint density at radius 3 is 2.69 bits per heavy atom. The molecule has 1 unspecified atom stereocenters. The molecule has 0 radical (unpaired) electrons. The molecule has 1 atom stereocenters. The van der Waals surface area contributed by atoms with Gasteiger partial charge in [0.15, 0.2) is 0 Å². The first-order valence-electron chi connectivity index (χ1n) is 10.5. The molecule has 2 heterocycles. The molecule has 4 aromatic rings. The maximum Gasteiger partial charge on any atom is 0.256 e. The highest BCUT2D eigenvalue weighted by Crippen LogP contribution is 2.25. The summed E-state index contributed by atoms with van der Waals surface area (Å²) in [5.74, 6) is 3.29. The Labute approximate surface area is 187 Å². The van der Waals surface area contributed by atoms with Crippen molar-refractivity contribution in [2.75, 3.05) is 14.2 Å². The van der Waals surface area contributed by atoms with E-state index in [-0.39, 0.29) is 18.1 Å². The van der Waals surface area contributed by atoms with Crippen LogP contribution < -0.4 is 10.3 Å². The van der Waals surface area contributed by atoms with E-state index in [1.54, 1.807) is 11.7 Å². The third kappa shape index (κ3) is 4.16. The fourth-order valence-electron chi connectivity index (χ4n) is 3.85. The van der Waals surface area contributed by atoms with Gasteiger partial charge in [-0.05, 0) is 43.6 Å². The first-order chi connectivity index (χ1) is 15.5. The highest BCUT2D eigenvalue weighted by atomic mass is 16.5. The summed E-state index contributed by atoms with van der Waals surface area (Å²) in [5.41, 5.74) is 4.32. The van der Waals surface area contributed by atoms with Gasteiger partial charge in [0, 0.05) is 29.8 Å². The van der Waals surface area contributed by atoms with Crippen molar-refractivity contribution in [1.29, 1.82) is 0 Å². The van der Waals surface area contributed by atoms with Crippen LogP contribution in [0.4, 0.5) is 0 Å². The molecule has 0 spiro atoms. The summed E-state index contributed by atoms with van der Waals surface area (Å²) in [6.45, 7) is 2.77. The van der Waals surface area contributed by atoms with Gasteiger partial charge in [-0.3, -0.25) is 19.4 Å². The Hall–Kier alpha value is -3.82. The average Bonchev–Trinajstić information content (AvgIpc) is 3.32. The monoisotopic (exact) mass is 426 g/mol. The molecular formula is C26H26N4O2. The normalized spacial score (nSPS) is 12.1. The molecule has 6 nitrogen and oxygen atoms in total. The van der Waals surface area contributed by atoms with Crippen molar-refractivity contribution in [2.24, 2.45) is 0 Å². The SMILES string of the molecule is C#CCn1c(=O)c(CN(C)C(C)c2cc(-c3ccccc3)n[nH]2)cc2ccc(OC)cc21. The smallest absolute Gasteiger partial charge is 0.256 e. The largest absolute Gasteiger partial charge is 0.497 e. The maximum atomic E-state index is 13.2. The van der Waals surface area contributed by atoms with E-state index in [4.69, 9.17) is 11.2 Å². The molecule has 32 heavy (non-hydrogen) atoms. The molecule has 0 fully saturated rings. The van der Waals surface area contributed by atoms with Gasteiger partial charge in [-0.15, -0.1) is 6.42 Å². The van der Waals surface area contributed by atoms with Crippen LogP contribution in [-0.4, -0.2) is 33.8 Å². The molecule has 6 heteroatoms. The lowest BCUT2D eigenvalue weighted by Crippen LogP contribution is -2.30. The molecule has 0 saturated carbocycles. The lowest BCUT2D eigenvalue weighted by Gasteiger charge is -2.24. The van der Waals surface area contributed by atoms with Crippen LogP contribution in [0, 0.1) is 12.3 Å². The van der Waals surface area contributed by atoms with E-state index < -0.39 is 0 Å². The number of ether oxygens (including phenoxy) is 1. The quantitative estimate of drug-likeness (QED) is 0.449. The van der Waals surface area contributed by atoms with Crippen molar-refractivity contribution in [3.8, 4) is 29.4 Å². The van der Waals surface area contributed by atoms with Gasteiger partial charge < -0.3 is 4.74 Å². The van der Waals surface area contributed by atoms with E-state index in [0.717, 1.165) is 27.9 Å². The van der Waals surface area contributed by atoms with Gasteiger partial charge in [0.1, 0.15) is 5.75 Å². The summed E-state index contributed by atoms with van der Waals surface area (Å²) in [6, 6.07) is 19.8. The number of terminal acetylenes is 1. The average molecular weight is 427 g/mol. The summed E-state index contributed by atoms with van der Waals surface area (Å²) >= 11 is 0. The standard InChI is InChI=1S/C26H26N4O2/c1-5-13-30-25-15-22(32-4)12-11-20(25)14-21(26(30)31)17-29(3)18(2)23-16-24(28-27-23)19-9-7-6-8-10-19/h1,6-12,14-16,18H,13,17H2,2-4H3,(H,27,28). The van der Waals surface area contributed by atoms with Gasteiger partial charge >= 0.3 is 0 Å². The van der Waals surface area contributed by atoms with E-state index in [1.165, 1.54) is 0 Å². The molecule has 1 N–H and O–H groups in total. The van der Waals surface area contributed by atoms with E-state index in [1.807, 2.05) is 61.6 Å². The van der Waals surface area contributed by atoms with Gasteiger partial charge in [0.05, 0.1) is 30.6 Å². The third-order valence-electron chi connectivity index (χ3n) is 5.83. The highest BCUT2D eigenvalue weighted by molar-refractivity contribution is 5.81. The molecule has 0 aliphatic rings. The first-order valence-corrected chi connectivity index (χ1v) is 10.5. The number of rotatable bonds is 7. The van der Waals surface area contributed by atoms with Crippen molar-refractivity contribution < 1.29 is 4.74 Å². The highest BCUT2D eigenvalue weighted by Gasteiger charge is 2.18. The molecule has 2 aromatic heterocycles. The molecule has 162 valence electrons. The van der Waals surface area contributed by atoms with Crippen molar-refractivity contribution in [2.45, 2.75) is 26.1 Å². The van der Waals surface area contributed by atoms with Crippen molar-refractivity contribution >= 4 is 10.9 Å². The number of H-pyrrole nitrogens is 1. The second-order valence-electron chi connectivity index (χ2n) is 7.86. The van der Waals surface area contributed by atoms with Gasteiger partial charge in [0.25, 0.3) is 5.56 Å². The Morgan fingerprint density at radius 2 is 1.97 bits per heavy atom. The van der Waals surface area contributed by atoms with Crippen LogP contribution in [0.3, 0.4) is 0 Å². The Morgan fingerprint density at radius 1 is 1.19 bits per heavy atom. The Kier molecular flexibility index (Phi) is 6.11. The van der Waals surface area contributed by atoms with E-state index in [2.05, 4.69) is 34.0 Å². The summed E-state index contributed by atoms with van der Waals surface area (Å²) in [4.78, 5) is 15.4. The van der Waals surface area contributed by atoms with Gasteiger partial charge in [0.2, 0.25) is 0 Å². The second kappa shape index (κ2) is 9.13. The molecule has 2 aromatic carbocycles. The predicted octanol–water partition coefficient (Wildman–Crippen LogP) is 4.23. The molecule has 0 aliphatic carbocycles. The van der Waals surface area contributed by atoms with Crippen molar-refractivity contribution in [3.63, 3.8) is 0 Å². The number of fused-ring (bicyclic) bond motifs is 1. The number of pyridine rings is 1. The maximum absolute atomic E-state index is 13.2. The number of aromatic nitrogens is 3. The minimum absolute atomic E-state index is 0.0343. The molecule has 0 saturated heterocycles. The third-order valence-corrected chi connectivity index (χ3v) is 5.83. The Balaban J connectivity index is 1.63. The van der Waals surface area contributed by atoms with Crippen LogP contribution in [-0.2, 0) is 13.1 Å². The molecule has 4 rings (SSSR count). The summed E-state index contributed by atoms with van der Waals surface area (Å²) < 4.78 is 6.95. The fraction of sp³-hybridized carbons (Fsp3) is 0.231. The zero-order chi connectivity index (χ0) is 22.7. The zero-order valence-electron chi connectivity index (χ0n) is 18.5. The number of hydrogen-bond donors (Lipinski definition) is 1. The van der Waals surface area contributed by atoms with Gasteiger partial charge in [-0.2, -0.15) is 5.10 Å². The Bertz CT molecular complexity index is 1330. The first kappa shape index (κ1) is 21.4. The number of benzene rings is 2. The molecule has 0 aliphatic heterocycles. The molecular weight excluding hydrogens is 400 g/mol. The second-order valence-corrected chi connectivity index (χ2v) is 7.86. The van der Waals surface area contributed by atoms with E-state index in [9.17, 15) is 4.79 Å². The number of aromatic amines is 1. The van der Waals surface area contributed by atoms with Crippen LogP contribution in [0.15, 0.2) is 65.5 Å².